The minimum Gasteiger partial charge on any atom is -0.329 e. The third-order valence-corrected chi connectivity index (χ3v) is 5.76. The van der Waals surface area contributed by atoms with E-state index in [1.54, 1.807) is 6.07 Å². The van der Waals surface area contributed by atoms with Crippen molar-refractivity contribution < 1.29 is 14.4 Å². The van der Waals surface area contributed by atoms with Crippen LogP contribution in [0.3, 0.4) is 0 Å². The molecule has 2 aliphatic carbocycles. The molecule has 0 aromatic heterocycles. The summed E-state index contributed by atoms with van der Waals surface area (Å²) in [6.07, 6.45) is 3.28. The summed E-state index contributed by atoms with van der Waals surface area (Å²) in [4.78, 5) is 37.2. The number of hydrogen-bond acceptors (Lipinski definition) is 4. The van der Waals surface area contributed by atoms with Crippen molar-refractivity contribution in [3.05, 3.63) is 29.8 Å². The van der Waals surface area contributed by atoms with Crippen LogP contribution in [0.25, 0.3) is 0 Å². The summed E-state index contributed by atoms with van der Waals surface area (Å²) in [5, 5.41) is 5.46. The molecular weight excluding hydrogens is 356 g/mol. The normalized spacial score (nSPS) is 29.5. The number of amides is 4. The number of rotatable bonds is 4. The molecule has 4 amide bonds. The lowest BCUT2D eigenvalue weighted by Gasteiger charge is -2.27. The fourth-order valence-corrected chi connectivity index (χ4v) is 4.50. The van der Waals surface area contributed by atoms with Crippen LogP contribution in [0.2, 0.25) is 0 Å². The molecule has 0 radical (unpaired) electrons. The number of hydrogen-bond donors (Lipinski definition) is 3. The van der Waals surface area contributed by atoms with Gasteiger partial charge < -0.3 is 16.4 Å². The van der Waals surface area contributed by atoms with E-state index < -0.39 is 0 Å². The van der Waals surface area contributed by atoms with Crippen molar-refractivity contribution in [2.75, 3.05) is 11.9 Å². The molecule has 3 aliphatic rings. The highest BCUT2D eigenvalue weighted by Crippen LogP contribution is 2.47. The van der Waals surface area contributed by atoms with Gasteiger partial charge >= 0.3 is 6.03 Å². The number of nitrogens with two attached hydrogens (primary N) is 1. The van der Waals surface area contributed by atoms with Crippen LogP contribution in [0, 0.1) is 17.8 Å². The Morgan fingerprint density at radius 2 is 2.04 bits per heavy atom. The average Bonchev–Trinajstić information content (AvgIpc) is 3.26. The second-order valence-electron chi connectivity index (χ2n) is 7.26. The molecule has 140 valence electrons. The highest BCUT2D eigenvalue weighted by atomic mass is 35.5. The first-order chi connectivity index (χ1) is 12.0. The van der Waals surface area contributed by atoms with Gasteiger partial charge in [-0.25, -0.2) is 4.79 Å². The van der Waals surface area contributed by atoms with Crippen LogP contribution in [0.1, 0.15) is 24.8 Å². The summed E-state index contributed by atoms with van der Waals surface area (Å²) in [7, 11) is 0. The maximum Gasteiger partial charge on any atom is 0.324 e. The molecule has 2 bridgehead atoms. The zero-order valence-electron chi connectivity index (χ0n) is 14.3. The fourth-order valence-electron chi connectivity index (χ4n) is 4.50. The molecule has 4 unspecified atom stereocenters. The quantitative estimate of drug-likeness (QED) is 0.690. The van der Waals surface area contributed by atoms with E-state index in [0.29, 0.717) is 17.5 Å². The summed E-state index contributed by atoms with van der Waals surface area (Å²) in [6, 6.07) is 6.82. The standard InChI is InChI=1S/C18H22N4O3.ClH/c19-16-12-5-4-11(7-12)15(16)17(24)21-13-3-1-2-10(6-13)9-22-14(23)8-20-18(22)25;/h1-3,6,11-12,15-16H,4-5,7-9,19H2,(H,20,25)(H,21,24);1H. The lowest BCUT2D eigenvalue weighted by atomic mass is 9.84. The Hall–Kier alpha value is -2.12. The molecule has 1 aromatic rings. The van der Waals surface area contributed by atoms with E-state index in [2.05, 4.69) is 10.6 Å². The summed E-state index contributed by atoms with van der Waals surface area (Å²) in [5.41, 5.74) is 7.70. The van der Waals surface area contributed by atoms with Crippen LogP contribution < -0.4 is 16.4 Å². The van der Waals surface area contributed by atoms with E-state index in [4.69, 9.17) is 5.73 Å². The van der Waals surface area contributed by atoms with Crippen molar-refractivity contribution >= 4 is 35.9 Å². The van der Waals surface area contributed by atoms with Crippen molar-refractivity contribution in [3.63, 3.8) is 0 Å². The Bertz CT molecular complexity index is 723. The van der Waals surface area contributed by atoms with E-state index in [1.165, 1.54) is 4.90 Å². The van der Waals surface area contributed by atoms with Gasteiger partial charge in [0.15, 0.2) is 0 Å². The van der Waals surface area contributed by atoms with Gasteiger partial charge in [-0.1, -0.05) is 12.1 Å². The maximum absolute atomic E-state index is 12.7. The summed E-state index contributed by atoms with van der Waals surface area (Å²) < 4.78 is 0. The second-order valence-corrected chi connectivity index (χ2v) is 7.26. The van der Waals surface area contributed by atoms with Crippen LogP contribution >= 0.6 is 12.4 Å². The number of anilines is 1. The Kier molecular flexibility index (Phi) is 5.20. The van der Waals surface area contributed by atoms with Gasteiger partial charge in [0.1, 0.15) is 0 Å². The fraction of sp³-hybridized carbons (Fsp3) is 0.500. The molecule has 3 fully saturated rings. The molecule has 4 atom stereocenters. The van der Waals surface area contributed by atoms with Crippen LogP contribution in [-0.2, 0) is 16.1 Å². The smallest absolute Gasteiger partial charge is 0.324 e. The Balaban J connectivity index is 0.00000196. The van der Waals surface area contributed by atoms with E-state index >= 15 is 0 Å². The molecule has 2 saturated carbocycles. The lowest BCUT2D eigenvalue weighted by molar-refractivity contribution is -0.125. The third kappa shape index (κ3) is 3.29. The zero-order chi connectivity index (χ0) is 17.6. The molecule has 1 aliphatic heterocycles. The number of imide groups is 1. The predicted octanol–water partition coefficient (Wildman–Crippen LogP) is 1.47. The monoisotopic (exact) mass is 378 g/mol. The molecular formula is C18H23ClN4O3. The number of benzene rings is 1. The van der Waals surface area contributed by atoms with Crippen molar-refractivity contribution in [3.8, 4) is 0 Å². The highest BCUT2D eigenvalue weighted by molar-refractivity contribution is 6.01. The zero-order valence-corrected chi connectivity index (χ0v) is 15.1. The molecule has 1 saturated heterocycles. The molecule has 4 rings (SSSR count). The molecule has 1 heterocycles. The number of carbonyl (C=O) groups excluding carboxylic acids is 3. The highest BCUT2D eigenvalue weighted by Gasteiger charge is 2.49. The first-order valence-electron chi connectivity index (χ1n) is 8.76. The third-order valence-electron chi connectivity index (χ3n) is 5.76. The van der Waals surface area contributed by atoms with Gasteiger partial charge in [0.05, 0.1) is 19.0 Å². The van der Waals surface area contributed by atoms with Gasteiger partial charge in [0, 0.05) is 11.7 Å². The number of fused-ring (bicyclic) bond motifs is 2. The van der Waals surface area contributed by atoms with E-state index in [9.17, 15) is 14.4 Å². The second kappa shape index (κ2) is 7.25. The van der Waals surface area contributed by atoms with Gasteiger partial charge in [-0.15, -0.1) is 12.4 Å². The number of halogens is 1. The van der Waals surface area contributed by atoms with E-state index in [1.807, 2.05) is 18.2 Å². The van der Waals surface area contributed by atoms with Crippen molar-refractivity contribution in [1.82, 2.24) is 10.2 Å². The Morgan fingerprint density at radius 3 is 2.69 bits per heavy atom. The van der Waals surface area contributed by atoms with Crippen molar-refractivity contribution in [1.29, 1.82) is 0 Å². The van der Waals surface area contributed by atoms with Gasteiger partial charge in [-0.3, -0.25) is 14.5 Å². The first-order valence-corrected chi connectivity index (χ1v) is 8.76. The Morgan fingerprint density at radius 1 is 1.27 bits per heavy atom. The molecule has 26 heavy (non-hydrogen) atoms. The van der Waals surface area contributed by atoms with Crippen LogP contribution in [0.4, 0.5) is 10.5 Å². The van der Waals surface area contributed by atoms with Gasteiger partial charge in [0.2, 0.25) is 11.8 Å². The summed E-state index contributed by atoms with van der Waals surface area (Å²) in [6.45, 7) is 0.236. The Labute approximate surface area is 158 Å². The number of nitrogens with one attached hydrogen (secondary N) is 2. The average molecular weight is 379 g/mol. The SMILES string of the molecule is Cl.NC1C2CCC(C2)C1C(=O)Nc1cccc(CN2C(=O)CNC2=O)c1. The minimum atomic E-state index is -0.382. The summed E-state index contributed by atoms with van der Waals surface area (Å²) in [5.74, 6) is 0.494. The molecule has 8 heteroatoms. The van der Waals surface area contributed by atoms with E-state index in [0.717, 1.165) is 24.8 Å². The van der Waals surface area contributed by atoms with E-state index in [-0.39, 0.29) is 55.3 Å². The van der Waals surface area contributed by atoms with Crippen LogP contribution in [-0.4, -0.2) is 35.3 Å². The van der Waals surface area contributed by atoms with Gasteiger partial charge in [-0.05, 0) is 48.8 Å². The van der Waals surface area contributed by atoms with Crippen molar-refractivity contribution in [2.45, 2.75) is 31.8 Å². The van der Waals surface area contributed by atoms with Crippen LogP contribution in [0.5, 0.6) is 0 Å². The van der Waals surface area contributed by atoms with Gasteiger partial charge in [0.25, 0.3) is 0 Å². The number of urea groups is 1. The minimum absolute atomic E-state index is 0. The largest absolute Gasteiger partial charge is 0.329 e. The first kappa shape index (κ1) is 18.7. The number of carbonyl (C=O) groups is 3. The van der Waals surface area contributed by atoms with Gasteiger partial charge in [-0.2, -0.15) is 0 Å². The van der Waals surface area contributed by atoms with Crippen LogP contribution in [0.15, 0.2) is 24.3 Å². The predicted molar refractivity (Wildman–Crippen MR) is 98.6 cm³/mol. The topological polar surface area (TPSA) is 105 Å². The summed E-state index contributed by atoms with van der Waals surface area (Å²) >= 11 is 0. The molecule has 0 spiro atoms. The van der Waals surface area contributed by atoms with Crippen molar-refractivity contribution in [2.24, 2.45) is 23.5 Å². The number of nitrogens with zero attached hydrogens (tertiary/aromatic N) is 1. The molecule has 4 N–H and O–H groups in total. The lowest BCUT2D eigenvalue weighted by Crippen LogP contribution is -2.42. The molecule has 1 aromatic carbocycles. The molecule has 7 nitrogen and oxygen atoms in total. The maximum atomic E-state index is 12.7.